The molecule has 27 heavy (non-hydrogen) atoms. The SMILES string of the molecule is CCNC(=NCc1ccccc1OC(F)F)NCC(=O)NCc1ccco1. The van der Waals surface area contributed by atoms with E-state index < -0.39 is 6.61 Å². The summed E-state index contributed by atoms with van der Waals surface area (Å²) in [7, 11) is 0. The monoisotopic (exact) mass is 380 g/mol. The van der Waals surface area contributed by atoms with Crippen LogP contribution >= 0.6 is 0 Å². The van der Waals surface area contributed by atoms with Crippen LogP contribution in [0, 0.1) is 0 Å². The average molecular weight is 380 g/mol. The molecule has 0 aliphatic carbocycles. The smallest absolute Gasteiger partial charge is 0.387 e. The molecule has 1 heterocycles. The third-order valence-electron chi connectivity index (χ3n) is 3.40. The highest BCUT2D eigenvalue weighted by Gasteiger charge is 2.09. The van der Waals surface area contributed by atoms with E-state index in [0.29, 0.717) is 30.4 Å². The van der Waals surface area contributed by atoms with E-state index in [4.69, 9.17) is 4.42 Å². The molecule has 0 saturated heterocycles. The third kappa shape index (κ3) is 7.35. The minimum Gasteiger partial charge on any atom is -0.467 e. The number of halogens is 2. The number of guanidine groups is 1. The van der Waals surface area contributed by atoms with E-state index in [9.17, 15) is 13.6 Å². The van der Waals surface area contributed by atoms with Crippen molar-refractivity contribution in [3.8, 4) is 5.75 Å². The van der Waals surface area contributed by atoms with Gasteiger partial charge in [-0.1, -0.05) is 18.2 Å². The fraction of sp³-hybridized carbons (Fsp3) is 0.333. The summed E-state index contributed by atoms with van der Waals surface area (Å²) in [4.78, 5) is 16.2. The number of carbonyl (C=O) groups excluding carboxylic acids is 1. The van der Waals surface area contributed by atoms with Gasteiger partial charge in [-0.15, -0.1) is 0 Å². The lowest BCUT2D eigenvalue weighted by Gasteiger charge is -2.12. The number of nitrogens with zero attached hydrogens (tertiary/aromatic N) is 1. The van der Waals surface area contributed by atoms with Gasteiger partial charge in [-0.05, 0) is 25.1 Å². The molecular formula is C18H22F2N4O3. The standard InChI is InChI=1S/C18H22F2N4O3/c1-2-21-18(24-12-16(25)22-11-14-7-5-9-26-14)23-10-13-6-3-4-8-15(13)27-17(19)20/h3-9,17H,2,10-12H2,1H3,(H,22,25)(H2,21,23,24). The number of ether oxygens (including phenoxy) is 1. The fourth-order valence-electron chi connectivity index (χ4n) is 2.18. The maximum Gasteiger partial charge on any atom is 0.387 e. The van der Waals surface area contributed by atoms with Gasteiger partial charge in [-0.25, -0.2) is 4.99 Å². The second-order valence-electron chi connectivity index (χ2n) is 5.39. The minimum absolute atomic E-state index is 0.00171. The van der Waals surface area contributed by atoms with Gasteiger partial charge in [0.25, 0.3) is 0 Å². The first kappa shape index (κ1) is 20.2. The number of alkyl halides is 2. The van der Waals surface area contributed by atoms with Crippen molar-refractivity contribution in [1.82, 2.24) is 16.0 Å². The van der Waals surface area contributed by atoms with Crippen molar-refractivity contribution in [2.45, 2.75) is 26.6 Å². The van der Waals surface area contributed by atoms with Gasteiger partial charge in [-0.3, -0.25) is 4.79 Å². The van der Waals surface area contributed by atoms with Crippen molar-refractivity contribution in [2.75, 3.05) is 13.1 Å². The van der Waals surface area contributed by atoms with Crippen molar-refractivity contribution < 1.29 is 22.7 Å². The summed E-state index contributed by atoms with van der Waals surface area (Å²) in [5.74, 6) is 0.874. The molecule has 1 amide bonds. The zero-order chi connectivity index (χ0) is 19.5. The van der Waals surface area contributed by atoms with Crippen LogP contribution in [0.15, 0.2) is 52.1 Å². The second kappa shape index (κ2) is 10.8. The van der Waals surface area contributed by atoms with Crippen LogP contribution < -0.4 is 20.7 Å². The maximum absolute atomic E-state index is 12.5. The molecule has 0 spiro atoms. The van der Waals surface area contributed by atoms with Crippen LogP contribution in [0.2, 0.25) is 0 Å². The highest BCUT2D eigenvalue weighted by molar-refractivity contribution is 5.86. The Hall–Kier alpha value is -3.10. The molecule has 0 aliphatic heterocycles. The lowest BCUT2D eigenvalue weighted by atomic mass is 10.2. The predicted octanol–water partition coefficient (Wildman–Crippen LogP) is 2.25. The Morgan fingerprint density at radius 2 is 2.00 bits per heavy atom. The molecule has 146 valence electrons. The lowest BCUT2D eigenvalue weighted by molar-refractivity contribution is -0.120. The fourth-order valence-corrected chi connectivity index (χ4v) is 2.18. The Balaban J connectivity index is 1.89. The molecule has 0 saturated carbocycles. The maximum atomic E-state index is 12.5. The number of benzene rings is 1. The van der Waals surface area contributed by atoms with Gasteiger partial charge < -0.3 is 25.1 Å². The molecule has 0 atom stereocenters. The van der Waals surface area contributed by atoms with E-state index >= 15 is 0 Å². The highest BCUT2D eigenvalue weighted by atomic mass is 19.3. The number of nitrogens with one attached hydrogen (secondary N) is 3. The van der Waals surface area contributed by atoms with Crippen LogP contribution in [0.3, 0.4) is 0 Å². The molecule has 0 unspecified atom stereocenters. The van der Waals surface area contributed by atoms with Gasteiger partial charge in [0, 0.05) is 12.1 Å². The van der Waals surface area contributed by atoms with E-state index in [-0.39, 0.29) is 24.7 Å². The van der Waals surface area contributed by atoms with Crippen LogP contribution in [0.25, 0.3) is 0 Å². The quantitative estimate of drug-likeness (QED) is 0.459. The molecule has 2 aromatic rings. The molecule has 0 fully saturated rings. The average Bonchev–Trinajstić information content (AvgIpc) is 3.16. The van der Waals surface area contributed by atoms with E-state index in [1.807, 2.05) is 6.92 Å². The van der Waals surface area contributed by atoms with Crippen LogP contribution in [0.1, 0.15) is 18.2 Å². The number of amides is 1. The first-order chi connectivity index (χ1) is 13.1. The number of furan rings is 1. The van der Waals surface area contributed by atoms with Crippen molar-refractivity contribution in [2.24, 2.45) is 4.99 Å². The van der Waals surface area contributed by atoms with Crippen molar-refractivity contribution in [3.63, 3.8) is 0 Å². The first-order valence-corrected chi connectivity index (χ1v) is 8.42. The van der Waals surface area contributed by atoms with Gasteiger partial charge in [0.15, 0.2) is 5.96 Å². The molecule has 1 aromatic heterocycles. The van der Waals surface area contributed by atoms with Gasteiger partial charge in [-0.2, -0.15) is 8.78 Å². The summed E-state index contributed by atoms with van der Waals surface area (Å²) in [6.45, 7) is -0.0377. The number of hydrogen-bond donors (Lipinski definition) is 3. The summed E-state index contributed by atoms with van der Waals surface area (Å²) < 4.78 is 34.6. The Labute approximate surface area is 155 Å². The molecule has 7 nitrogen and oxygen atoms in total. The summed E-state index contributed by atoms with van der Waals surface area (Å²) >= 11 is 0. The van der Waals surface area contributed by atoms with E-state index in [1.165, 1.54) is 12.3 Å². The van der Waals surface area contributed by atoms with Crippen molar-refractivity contribution >= 4 is 11.9 Å². The molecule has 0 bridgehead atoms. The largest absolute Gasteiger partial charge is 0.467 e. The van der Waals surface area contributed by atoms with Gasteiger partial charge in [0.05, 0.1) is 25.9 Å². The van der Waals surface area contributed by atoms with Crippen molar-refractivity contribution in [1.29, 1.82) is 0 Å². The molecule has 2 rings (SSSR count). The Morgan fingerprint density at radius 3 is 2.70 bits per heavy atom. The number of hydrogen-bond acceptors (Lipinski definition) is 4. The highest BCUT2D eigenvalue weighted by Crippen LogP contribution is 2.20. The normalized spacial score (nSPS) is 11.3. The molecule has 0 radical (unpaired) electrons. The number of rotatable bonds is 9. The third-order valence-corrected chi connectivity index (χ3v) is 3.40. The molecular weight excluding hydrogens is 358 g/mol. The van der Waals surface area contributed by atoms with Crippen LogP contribution in [0.5, 0.6) is 5.75 Å². The van der Waals surface area contributed by atoms with E-state index in [2.05, 4.69) is 25.7 Å². The first-order valence-electron chi connectivity index (χ1n) is 8.42. The summed E-state index contributed by atoms with van der Waals surface area (Å²) in [6, 6.07) is 9.94. The summed E-state index contributed by atoms with van der Waals surface area (Å²) in [5, 5.41) is 8.58. The van der Waals surface area contributed by atoms with Crippen LogP contribution in [-0.4, -0.2) is 31.6 Å². The molecule has 3 N–H and O–H groups in total. The van der Waals surface area contributed by atoms with Gasteiger partial charge in [0.1, 0.15) is 11.5 Å². The zero-order valence-electron chi connectivity index (χ0n) is 14.9. The second-order valence-corrected chi connectivity index (χ2v) is 5.39. The number of carbonyl (C=O) groups is 1. The van der Waals surface area contributed by atoms with Crippen molar-refractivity contribution in [3.05, 3.63) is 54.0 Å². The van der Waals surface area contributed by atoms with E-state index in [1.54, 1.807) is 30.3 Å². The Bertz CT molecular complexity index is 736. The summed E-state index contributed by atoms with van der Waals surface area (Å²) in [6.07, 6.45) is 1.53. The molecule has 1 aromatic carbocycles. The van der Waals surface area contributed by atoms with E-state index in [0.717, 1.165) is 0 Å². The Kier molecular flexibility index (Phi) is 8.08. The predicted molar refractivity (Wildman–Crippen MR) is 96.4 cm³/mol. The minimum atomic E-state index is -2.90. The number of aliphatic imine (C=N–C) groups is 1. The van der Waals surface area contributed by atoms with Crippen LogP contribution in [0.4, 0.5) is 8.78 Å². The Morgan fingerprint density at radius 1 is 1.19 bits per heavy atom. The van der Waals surface area contributed by atoms with Gasteiger partial charge >= 0.3 is 6.61 Å². The zero-order valence-corrected chi connectivity index (χ0v) is 14.9. The van der Waals surface area contributed by atoms with Gasteiger partial charge in [0.2, 0.25) is 5.91 Å². The van der Waals surface area contributed by atoms with Crippen LogP contribution in [-0.2, 0) is 17.9 Å². The molecule has 9 heteroatoms. The number of para-hydroxylation sites is 1. The molecule has 0 aliphatic rings. The lowest BCUT2D eigenvalue weighted by Crippen LogP contribution is -2.43. The topological polar surface area (TPSA) is 87.9 Å². The summed E-state index contributed by atoms with van der Waals surface area (Å²) in [5.41, 5.74) is 0.511.